The molecule has 4 aromatic rings. The Balaban J connectivity index is 1.38. The Labute approximate surface area is 242 Å². The number of amides is 2. The first-order valence-electron chi connectivity index (χ1n) is 13.4. The fourth-order valence-electron chi connectivity index (χ4n) is 5.03. The van der Waals surface area contributed by atoms with Crippen LogP contribution in [0.4, 0.5) is 17.6 Å². The van der Waals surface area contributed by atoms with Crippen LogP contribution in [0.3, 0.4) is 0 Å². The molecule has 1 fully saturated rings. The molecule has 2 aromatic carbocycles. The number of carbonyl (C=O) groups excluding carboxylic acids is 2. The van der Waals surface area contributed by atoms with Crippen molar-refractivity contribution in [1.29, 1.82) is 0 Å². The molecule has 1 saturated carbocycles. The summed E-state index contributed by atoms with van der Waals surface area (Å²) in [5, 5.41) is 22.3. The van der Waals surface area contributed by atoms with Gasteiger partial charge in [-0.05, 0) is 74.4 Å². The molecule has 9 nitrogen and oxygen atoms in total. The van der Waals surface area contributed by atoms with Gasteiger partial charge < -0.3 is 20.9 Å². The second-order valence-corrected chi connectivity index (χ2v) is 11.1. The molecule has 2 aromatic heterocycles. The van der Waals surface area contributed by atoms with Crippen LogP contribution in [-0.2, 0) is 15.8 Å². The zero-order chi connectivity index (χ0) is 30.7. The van der Waals surface area contributed by atoms with Gasteiger partial charge in [0.1, 0.15) is 29.3 Å². The van der Waals surface area contributed by atoms with Gasteiger partial charge in [0.25, 0.3) is 5.91 Å². The molecule has 2 atom stereocenters. The molecule has 2 aliphatic rings. The average molecular weight is 596 g/mol. The van der Waals surface area contributed by atoms with Crippen molar-refractivity contribution in [2.45, 2.75) is 42.9 Å². The lowest BCUT2D eigenvalue weighted by Crippen LogP contribution is -2.51. The smallest absolute Gasteiger partial charge is 0.424 e. The molecule has 3 heterocycles. The third-order valence-corrected chi connectivity index (χ3v) is 7.99. The fraction of sp³-hybridized carbons (Fsp3) is 0.300. The lowest BCUT2D eigenvalue weighted by molar-refractivity contribution is -0.265. The van der Waals surface area contributed by atoms with Gasteiger partial charge in [0.2, 0.25) is 11.5 Å². The molecule has 0 spiro atoms. The van der Waals surface area contributed by atoms with E-state index in [1.54, 1.807) is 6.07 Å². The molecule has 0 saturated heterocycles. The number of primary amides is 1. The van der Waals surface area contributed by atoms with E-state index >= 15 is 0 Å². The number of hydrogen-bond acceptors (Lipinski definition) is 7. The molecule has 13 heteroatoms. The van der Waals surface area contributed by atoms with Gasteiger partial charge in [-0.3, -0.25) is 9.59 Å². The van der Waals surface area contributed by atoms with E-state index in [0.717, 1.165) is 36.7 Å². The highest BCUT2D eigenvalue weighted by Crippen LogP contribution is 2.47. The molecule has 6 rings (SSSR count). The quantitative estimate of drug-likeness (QED) is 0.274. The highest BCUT2D eigenvalue weighted by Gasteiger charge is 2.57. The third-order valence-electron chi connectivity index (χ3n) is 7.99. The van der Waals surface area contributed by atoms with Gasteiger partial charge in [0.15, 0.2) is 0 Å². The van der Waals surface area contributed by atoms with Crippen LogP contribution in [0.2, 0.25) is 0 Å². The van der Waals surface area contributed by atoms with Crippen molar-refractivity contribution in [2.24, 2.45) is 5.73 Å². The molecule has 0 radical (unpaired) electrons. The first kappa shape index (κ1) is 28.5. The Hall–Kier alpha value is -4.65. The minimum atomic E-state index is -5.33. The summed E-state index contributed by atoms with van der Waals surface area (Å²) in [4.78, 5) is 29.5. The molecule has 0 bridgehead atoms. The summed E-state index contributed by atoms with van der Waals surface area (Å²) in [5.74, 6) is -2.06. The van der Waals surface area contributed by atoms with E-state index in [2.05, 4.69) is 20.5 Å². The number of pyridine rings is 1. The van der Waals surface area contributed by atoms with E-state index in [1.807, 2.05) is 0 Å². The summed E-state index contributed by atoms with van der Waals surface area (Å²) < 4.78 is 63.2. The molecular weight excluding hydrogens is 570 g/mol. The highest BCUT2D eigenvalue weighted by molar-refractivity contribution is 5.98. The monoisotopic (exact) mass is 595 g/mol. The van der Waals surface area contributed by atoms with Crippen molar-refractivity contribution >= 4 is 22.7 Å². The van der Waals surface area contributed by atoms with E-state index in [1.165, 1.54) is 37.3 Å². The van der Waals surface area contributed by atoms with Crippen molar-refractivity contribution in [1.82, 2.24) is 20.5 Å². The summed E-state index contributed by atoms with van der Waals surface area (Å²) in [6.07, 6.45) is -3.36. The van der Waals surface area contributed by atoms with E-state index in [0.29, 0.717) is 16.8 Å². The van der Waals surface area contributed by atoms with Crippen LogP contribution in [-0.4, -0.2) is 51.4 Å². The van der Waals surface area contributed by atoms with Crippen molar-refractivity contribution < 1.29 is 37.0 Å². The van der Waals surface area contributed by atoms with Crippen molar-refractivity contribution in [2.75, 3.05) is 13.2 Å². The van der Waals surface area contributed by atoms with Gasteiger partial charge in [-0.2, -0.15) is 23.4 Å². The number of carbonyl (C=O) groups is 2. The van der Waals surface area contributed by atoms with Crippen molar-refractivity contribution in [3.63, 3.8) is 0 Å². The third kappa shape index (κ3) is 4.92. The number of ether oxygens (including phenoxy) is 1. The second-order valence-electron chi connectivity index (χ2n) is 11.1. The molecule has 43 heavy (non-hydrogen) atoms. The minimum Gasteiger partial charge on any atom is -0.489 e. The summed E-state index contributed by atoms with van der Waals surface area (Å²) in [5.41, 5.74) is 0.775. The fourth-order valence-corrected chi connectivity index (χ4v) is 5.03. The summed E-state index contributed by atoms with van der Waals surface area (Å²) in [6, 6.07) is 11.8. The summed E-state index contributed by atoms with van der Waals surface area (Å²) >= 11 is 0. The molecule has 222 valence electrons. The lowest BCUT2D eigenvalue weighted by Gasteiger charge is -2.31. The summed E-state index contributed by atoms with van der Waals surface area (Å²) in [7, 11) is 0. The van der Waals surface area contributed by atoms with Crippen molar-refractivity contribution in [3.8, 4) is 17.0 Å². The largest absolute Gasteiger partial charge is 0.489 e. The lowest BCUT2D eigenvalue weighted by atomic mass is 9.81. The maximum atomic E-state index is 14.6. The molecule has 1 aliphatic carbocycles. The molecule has 2 amide bonds. The first-order chi connectivity index (χ1) is 20.3. The maximum absolute atomic E-state index is 14.6. The number of nitrogens with zero attached hydrogens (tertiary/aromatic N) is 3. The zero-order valence-electron chi connectivity index (χ0n) is 22.7. The minimum absolute atomic E-state index is 0.0185. The Morgan fingerprint density at radius 3 is 2.47 bits per heavy atom. The zero-order valence-corrected chi connectivity index (χ0v) is 22.7. The van der Waals surface area contributed by atoms with Crippen LogP contribution in [0.1, 0.15) is 53.0 Å². The van der Waals surface area contributed by atoms with Gasteiger partial charge >= 0.3 is 6.18 Å². The Bertz CT molecular complexity index is 1780. The number of aliphatic hydroxyl groups is 1. The Morgan fingerprint density at radius 2 is 1.81 bits per heavy atom. The predicted molar refractivity (Wildman–Crippen MR) is 145 cm³/mol. The number of nitrogens with two attached hydrogens (primary N) is 1. The van der Waals surface area contributed by atoms with Crippen LogP contribution in [0.15, 0.2) is 54.6 Å². The number of hydrogen-bond donors (Lipinski definition) is 3. The summed E-state index contributed by atoms with van der Waals surface area (Å²) in [6.45, 7) is -0.197. The average Bonchev–Trinajstić information content (AvgIpc) is 3.77. The SMILES string of the molecule is C[C@]1(C(N)=O)COc2c1cc(C(O)(CNC(=O)c1ccc3nnc(C4CC4)cc3c1)C(F)(F)F)nc2-c1ccc(F)cc1. The molecular formula is C30H25F4N5O4. The van der Waals surface area contributed by atoms with Crippen LogP contribution in [0, 0.1) is 5.82 Å². The van der Waals surface area contributed by atoms with E-state index in [4.69, 9.17) is 10.5 Å². The van der Waals surface area contributed by atoms with Crippen LogP contribution in [0.25, 0.3) is 22.2 Å². The number of alkyl halides is 3. The number of nitrogens with one attached hydrogen (secondary N) is 1. The van der Waals surface area contributed by atoms with Gasteiger partial charge in [-0.1, -0.05) is 0 Å². The van der Waals surface area contributed by atoms with Crippen LogP contribution < -0.4 is 15.8 Å². The first-order valence-corrected chi connectivity index (χ1v) is 13.4. The number of fused-ring (bicyclic) bond motifs is 2. The van der Waals surface area contributed by atoms with Crippen molar-refractivity contribution in [3.05, 3.63) is 82.9 Å². The van der Waals surface area contributed by atoms with Crippen LogP contribution in [0.5, 0.6) is 5.75 Å². The Morgan fingerprint density at radius 1 is 1.09 bits per heavy atom. The number of halogens is 4. The molecule has 1 aliphatic heterocycles. The van der Waals surface area contributed by atoms with Gasteiger partial charge in [-0.15, -0.1) is 0 Å². The van der Waals surface area contributed by atoms with Gasteiger partial charge in [-0.25, -0.2) is 9.37 Å². The number of benzene rings is 2. The molecule has 4 N–H and O–H groups in total. The maximum Gasteiger partial charge on any atom is 0.424 e. The molecule has 1 unspecified atom stereocenters. The van der Waals surface area contributed by atoms with E-state index < -0.39 is 47.1 Å². The normalized spacial score (nSPS) is 19.4. The van der Waals surface area contributed by atoms with Gasteiger partial charge in [0, 0.05) is 28.0 Å². The number of aromatic nitrogens is 3. The predicted octanol–water partition coefficient (Wildman–Crippen LogP) is 4.02. The highest BCUT2D eigenvalue weighted by atomic mass is 19.4. The number of rotatable bonds is 7. The standard InChI is InChI=1S/C30H25F4N5O4/c1-28(27(35)41)14-43-25-20(28)12-23(37-24(25)16-4-7-19(31)8-5-16)29(42,30(32,33)34)13-36-26(40)17-6-9-21-18(10-17)11-22(39-38-21)15-2-3-15/h4-12,15,42H,2-3,13-14H2,1H3,(H2,35,41)(H,36,40)/t28-,29?/m0/s1. The topological polar surface area (TPSA) is 140 Å². The van der Waals surface area contributed by atoms with Gasteiger partial charge in [0.05, 0.1) is 23.4 Å². The Kier molecular flexibility index (Phi) is 6.60. The van der Waals surface area contributed by atoms with E-state index in [9.17, 15) is 32.3 Å². The second kappa shape index (κ2) is 9.97. The van der Waals surface area contributed by atoms with E-state index in [-0.39, 0.29) is 34.7 Å². The van der Waals surface area contributed by atoms with Crippen LogP contribution >= 0.6 is 0 Å².